The van der Waals surface area contributed by atoms with Crippen molar-refractivity contribution >= 4 is 6.09 Å². The molecule has 1 aromatic carbocycles. The van der Waals surface area contributed by atoms with E-state index in [0.717, 1.165) is 11.3 Å². The minimum absolute atomic E-state index is 0.0903. The number of hydrogen-bond acceptors (Lipinski definition) is 2. The standard InChI is InChI=1S/C11H13NO3/c1-12(11(13)14)9-6-7-15-10-5-3-2-4-8(9)10/h2-5,9H,6-7H2,1H3,(H,13,14). The minimum Gasteiger partial charge on any atom is -0.493 e. The maximum absolute atomic E-state index is 10.9. The highest BCUT2D eigenvalue weighted by atomic mass is 16.5. The Labute approximate surface area is 88.1 Å². The summed E-state index contributed by atoms with van der Waals surface area (Å²) in [5.74, 6) is 0.793. The second-order valence-corrected chi connectivity index (χ2v) is 3.58. The number of hydrogen-bond donors (Lipinski definition) is 1. The van der Waals surface area contributed by atoms with E-state index in [9.17, 15) is 4.79 Å². The zero-order chi connectivity index (χ0) is 10.8. The fourth-order valence-electron chi connectivity index (χ4n) is 1.86. The van der Waals surface area contributed by atoms with Crippen molar-refractivity contribution < 1.29 is 14.6 Å². The molecule has 1 heterocycles. The molecule has 0 aromatic heterocycles. The summed E-state index contributed by atoms with van der Waals surface area (Å²) in [6.45, 7) is 0.569. The highest BCUT2D eigenvalue weighted by molar-refractivity contribution is 5.65. The van der Waals surface area contributed by atoms with Crippen LogP contribution >= 0.6 is 0 Å². The maximum atomic E-state index is 10.9. The molecule has 1 unspecified atom stereocenters. The lowest BCUT2D eigenvalue weighted by atomic mass is 10.00. The van der Waals surface area contributed by atoms with Gasteiger partial charge in [0, 0.05) is 19.0 Å². The average molecular weight is 207 g/mol. The highest BCUT2D eigenvalue weighted by Crippen LogP contribution is 2.34. The first-order chi connectivity index (χ1) is 7.20. The summed E-state index contributed by atoms with van der Waals surface area (Å²) in [6, 6.07) is 7.49. The van der Waals surface area contributed by atoms with Gasteiger partial charge in [0.05, 0.1) is 12.6 Å². The van der Waals surface area contributed by atoms with E-state index in [1.54, 1.807) is 7.05 Å². The van der Waals surface area contributed by atoms with E-state index in [1.165, 1.54) is 4.90 Å². The second kappa shape index (κ2) is 3.81. The van der Waals surface area contributed by atoms with Gasteiger partial charge < -0.3 is 14.7 Å². The number of carboxylic acid groups (broad SMARTS) is 1. The quantitative estimate of drug-likeness (QED) is 0.767. The zero-order valence-corrected chi connectivity index (χ0v) is 8.51. The summed E-state index contributed by atoms with van der Waals surface area (Å²) in [4.78, 5) is 12.2. The third-order valence-electron chi connectivity index (χ3n) is 2.70. The summed E-state index contributed by atoms with van der Waals surface area (Å²) >= 11 is 0. The molecule has 0 spiro atoms. The van der Waals surface area contributed by atoms with Crippen LogP contribution in [0.2, 0.25) is 0 Å². The Morgan fingerprint density at radius 3 is 3.00 bits per heavy atom. The van der Waals surface area contributed by atoms with Crippen LogP contribution < -0.4 is 4.74 Å². The molecular weight excluding hydrogens is 194 g/mol. The number of fused-ring (bicyclic) bond motifs is 1. The van der Waals surface area contributed by atoms with Crippen molar-refractivity contribution in [1.82, 2.24) is 4.90 Å². The largest absolute Gasteiger partial charge is 0.493 e. The van der Waals surface area contributed by atoms with E-state index in [1.807, 2.05) is 24.3 Å². The van der Waals surface area contributed by atoms with Gasteiger partial charge in [0.25, 0.3) is 0 Å². The molecular formula is C11H13NO3. The van der Waals surface area contributed by atoms with Gasteiger partial charge in [-0.05, 0) is 6.07 Å². The minimum atomic E-state index is -0.906. The maximum Gasteiger partial charge on any atom is 0.407 e. The predicted molar refractivity (Wildman–Crippen MR) is 55.1 cm³/mol. The summed E-state index contributed by atoms with van der Waals surface area (Å²) < 4.78 is 5.46. The monoisotopic (exact) mass is 207 g/mol. The number of rotatable bonds is 1. The molecule has 1 amide bonds. The Hall–Kier alpha value is -1.71. The van der Waals surface area contributed by atoms with Crippen LogP contribution in [0.3, 0.4) is 0 Å². The molecule has 1 N–H and O–H groups in total. The van der Waals surface area contributed by atoms with Crippen LogP contribution in [-0.4, -0.2) is 29.8 Å². The SMILES string of the molecule is CN(C(=O)O)C1CCOc2ccccc21. The normalized spacial score (nSPS) is 18.9. The first-order valence-electron chi connectivity index (χ1n) is 4.87. The van der Waals surface area contributed by atoms with Crippen LogP contribution in [0, 0.1) is 0 Å². The van der Waals surface area contributed by atoms with Gasteiger partial charge in [-0.1, -0.05) is 18.2 Å². The van der Waals surface area contributed by atoms with E-state index in [-0.39, 0.29) is 6.04 Å². The number of amides is 1. The Bertz CT molecular complexity index is 378. The van der Waals surface area contributed by atoms with Gasteiger partial charge in [-0.3, -0.25) is 0 Å². The van der Waals surface area contributed by atoms with Crippen molar-refractivity contribution in [3.63, 3.8) is 0 Å². The van der Waals surface area contributed by atoms with Crippen LogP contribution in [0.4, 0.5) is 4.79 Å². The third-order valence-corrected chi connectivity index (χ3v) is 2.70. The fourth-order valence-corrected chi connectivity index (χ4v) is 1.86. The summed E-state index contributed by atoms with van der Waals surface area (Å²) in [5, 5.41) is 8.94. The van der Waals surface area contributed by atoms with Crippen molar-refractivity contribution in [3.05, 3.63) is 29.8 Å². The summed E-state index contributed by atoms with van der Waals surface area (Å²) in [6.07, 6.45) is -0.198. The Morgan fingerprint density at radius 1 is 1.53 bits per heavy atom. The number of nitrogens with zero attached hydrogens (tertiary/aromatic N) is 1. The molecule has 1 aromatic rings. The van der Waals surface area contributed by atoms with Crippen LogP contribution in [0.15, 0.2) is 24.3 Å². The molecule has 0 saturated carbocycles. The molecule has 15 heavy (non-hydrogen) atoms. The Morgan fingerprint density at radius 2 is 2.27 bits per heavy atom. The first kappa shape index (κ1) is 9.83. The lowest BCUT2D eigenvalue weighted by molar-refractivity contribution is 0.121. The average Bonchev–Trinajstić information content (AvgIpc) is 2.27. The highest BCUT2D eigenvalue weighted by Gasteiger charge is 2.26. The molecule has 1 aliphatic heterocycles. The Kier molecular flexibility index (Phi) is 2.49. The Balaban J connectivity index is 2.33. The van der Waals surface area contributed by atoms with Gasteiger partial charge in [-0.25, -0.2) is 4.79 Å². The van der Waals surface area contributed by atoms with Crippen LogP contribution in [0.5, 0.6) is 5.75 Å². The lowest BCUT2D eigenvalue weighted by Crippen LogP contribution is -2.33. The first-order valence-corrected chi connectivity index (χ1v) is 4.87. The predicted octanol–water partition coefficient (Wildman–Crippen LogP) is 2.12. The van der Waals surface area contributed by atoms with Gasteiger partial charge in [0.1, 0.15) is 5.75 Å². The van der Waals surface area contributed by atoms with Crippen molar-refractivity contribution in [3.8, 4) is 5.75 Å². The molecule has 2 rings (SSSR count). The van der Waals surface area contributed by atoms with E-state index < -0.39 is 6.09 Å². The summed E-state index contributed by atoms with van der Waals surface area (Å²) in [5.41, 5.74) is 0.952. The molecule has 4 nitrogen and oxygen atoms in total. The number of benzene rings is 1. The van der Waals surface area contributed by atoms with E-state index in [2.05, 4.69) is 0 Å². The lowest BCUT2D eigenvalue weighted by Gasteiger charge is -2.31. The van der Waals surface area contributed by atoms with Crippen molar-refractivity contribution in [2.75, 3.05) is 13.7 Å². The smallest absolute Gasteiger partial charge is 0.407 e. The third kappa shape index (κ3) is 1.75. The number of carbonyl (C=O) groups is 1. The van der Waals surface area contributed by atoms with Gasteiger partial charge in [-0.15, -0.1) is 0 Å². The molecule has 0 radical (unpaired) electrons. The number of para-hydroxylation sites is 1. The molecule has 1 aliphatic rings. The summed E-state index contributed by atoms with van der Waals surface area (Å²) in [7, 11) is 1.59. The fraction of sp³-hybridized carbons (Fsp3) is 0.364. The molecule has 80 valence electrons. The van der Waals surface area contributed by atoms with E-state index in [0.29, 0.717) is 13.0 Å². The van der Waals surface area contributed by atoms with Crippen LogP contribution in [-0.2, 0) is 0 Å². The molecule has 0 saturated heterocycles. The molecule has 0 fully saturated rings. The molecule has 4 heteroatoms. The topological polar surface area (TPSA) is 49.8 Å². The van der Waals surface area contributed by atoms with E-state index in [4.69, 9.17) is 9.84 Å². The van der Waals surface area contributed by atoms with Crippen molar-refractivity contribution in [2.24, 2.45) is 0 Å². The van der Waals surface area contributed by atoms with Gasteiger partial charge in [0.2, 0.25) is 0 Å². The van der Waals surface area contributed by atoms with Crippen molar-refractivity contribution in [2.45, 2.75) is 12.5 Å². The van der Waals surface area contributed by atoms with Gasteiger partial charge in [-0.2, -0.15) is 0 Å². The number of ether oxygens (including phenoxy) is 1. The van der Waals surface area contributed by atoms with Gasteiger partial charge >= 0.3 is 6.09 Å². The zero-order valence-electron chi connectivity index (χ0n) is 8.51. The van der Waals surface area contributed by atoms with E-state index >= 15 is 0 Å². The second-order valence-electron chi connectivity index (χ2n) is 3.58. The van der Waals surface area contributed by atoms with Gasteiger partial charge in [0.15, 0.2) is 0 Å². The van der Waals surface area contributed by atoms with Crippen LogP contribution in [0.1, 0.15) is 18.0 Å². The van der Waals surface area contributed by atoms with Crippen molar-refractivity contribution in [1.29, 1.82) is 0 Å². The molecule has 0 aliphatic carbocycles. The molecule has 1 atom stereocenters. The van der Waals surface area contributed by atoms with Crippen LogP contribution in [0.25, 0.3) is 0 Å². The molecule has 0 bridgehead atoms.